The summed E-state index contributed by atoms with van der Waals surface area (Å²) in [7, 11) is 0. The zero-order chi connectivity index (χ0) is 10.4. The summed E-state index contributed by atoms with van der Waals surface area (Å²) >= 11 is 0. The molecule has 0 aliphatic heterocycles. The fraction of sp³-hybridized carbons (Fsp3) is 0.625. The molecule has 1 amide bonds. The van der Waals surface area contributed by atoms with Gasteiger partial charge in [-0.15, -0.1) is 10.2 Å². The zero-order valence-corrected chi connectivity index (χ0v) is 7.90. The molecule has 0 aromatic carbocycles. The van der Waals surface area contributed by atoms with Crippen molar-refractivity contribution in [2.75, 3.05) is 6.54 Å². The molecule has 0 saturated heterocycles. The highest BCUT2D eigenvalue weighted by Gasteiger charge is 2.07. The van der Waals surface area contributed by atoms with Crippen molar-refractivity contribution >= 4 is 5.91 Å². The van der Waals surface area contributed by atoms with Crippen molar-refractivity contribution < 1.29 is 9.21 Å². The molecular formula is C8H14N4O2. The number of rotatable bonds is 6. The molecular weight excluding hydrogens is 184 g/mol. The molecule has 0 atom stereocenters. The normalized spacial score (nSPS) is 10.4. The second kappa shape index (κ2) is 5.33. The highest BCUT2D eigenvalue weighted by Crippen LogP contribution is 2.04. The summed E-state index contributed by atoms with van der Waals surface area (Å²) in [5, 5.41) is 7.46. The van der Waals surface area contributed by atoms with Gasteiger partial charge in [-0.05, 0) is 19.4 Å². The Balaban J connectivity index is 2.38. The highest BCUT2D eigenvalue weighted by atomic mass is 16.4. The number of primary amides is 1. The number of unbranched alkanes of at least 4 members (excludes halogenated alkanes) is 1. The van der Waals surface area contributed by atoms with Crippen molar-refractivity contribution in [2.24, 2.45) is 11.5 Å². The maximum Gasteiger partial charge on any atom is 0.226 e. The number of amides is 1. The fourth-order valence-corrected chi connectivity index (χ4v) is 1.03. The highest BCUT2D eigenvalue weighted by molar-refractivity contribution is 5.75. The lowest BCUT2D eigenvalue weighted by Crippen LogP contribution is -2.13. The van der Waals surface area contributed by atoms with E-state index in [9.17, 15) is 4.79 Å². The van der Waals surface area contributed by atoms with Crippen molar-refractivity contribution in [3.8, 4) is 0 Å². The van der Waals surface area contributed by atoms with E-state index in [1.54, 1.807) is 0 Å². The molecule has 4 N–H and O–H groups in total. The van der Waals surface area contributed by atoms with E-state index in [1.807, 2.05) is 0 Å². The minimum atomic E-state index is -0.470. The number of hydrogen-bond donors (Lipinski definition) is 2. The van der Waals surface area contributed by atoms with E-state index in [0.29, 0.717) is 18.9 Å². The second-order valence-electron chi connectivity index (χ2n) is 2.98. The van der Waals surface area contributed by atoms with E-state index >= 15 is 0 Å². The van der Waals surface area contributed by atoms with E-state index in [2.05, 4.69) is 10.2 Å². The van der Waals surface area contributed by atoms with Crippen molar-refractivity contribution in [2.45, 2.75) is 25.7 Å². The van der Waals surface area contributed by atoms with Crippen LogP contribution in [0.2, 0.25) is 0 Å². The van der Waals surface area contributed by atoms with Crippen molar-refractivity contribution in [1.29, 1.82) is 0 Å². The molecule has 0 spiro atoms. The first-order valence-corrected chi connectivity index (χ1v) is 4.52. The number of carbonyl (C=O) groups is 1. The lowest BCUT2D eigenvalue weighted by Gasteiger charge is -1.92. The molecule has 6 nitrogen and oxygen atoms in total. The van der Waals surface area contributed by atoms with E-state index in [-0.39, 0.29) is 12.3 Å². The molecule has 0 fully saturated rings. The van der Waals surface area contributed by atoms with Crippen LogP contribution < -0.4 is 11.5 Å². The maximum absolute atomic E-state index is 10.5. The standard InChI is InChI=1S/C8H14N4O2/c9-4-2-1-3-7-11-12-8(14-7)5-6(10)13/h1-5,9H2,(H2,10,13). The summed E-state index contributed by atoms with van der Waals surface area (Å²) in [5.41, 5.74) is 10.3. The van der Waals surface area contributed by atoms with Crippen molar-refractivity contribution in [3.63, 3.8) is 0 Å². The third kappa shape index (κ3) is 3.53. The Bertz CT molecular complexity index is 297. The molecule has 1 heterocycles. The van der Waals surface area contributed by atoms with Crippen molar-refractivity contribution in [3.05, 3.63) is 11.8 Å². The van der Waals surface area contributed by atoms with Gasteiger partial charge in [-0.25, -0.2) is 0 Å². The minimum Gasteiger partial charge on any atom is -0.425 e. The van der Waals surface area contributed by atoms with Crippen molar-refractivity contribution in [1.82, 2.24) is 10.2 Å². The van der Waals surface area contributed by atoms with E-state index in [0.717, 1.165) is 12.8 Å². The van der Waals surface area contributed by atoms with Crippen LogP contribution in [0.4, 0.5) is 0 Å². The van der Waals surface area contributed by atoms with Gasteiger partial charge in [0.25, 0.3) is 0 Å². The molecule has 0 bridgehead atoms. The topological polar surface area (TPSA) is 108 Å². The molecule has 1 aromatic heterocycles. The first-order valence-electron chi connectivity index (χ1n) is 4.52. The Hall–Kier alpha value is -1.43. The number of carbonyl (C=O) groups excluding carboxylic acids is 1. The Morgan fingerprint density at radius 2 is 2.00 bits per heavy atom. The van der Waals surface area contributed by atoms with Crippen LogP contribution in [-0.4, -0.2) is 22.6 Å². The van der Waals surface area contributed by atoms with Crippen LogP contribution in [0.25, 0.3) is 0 Å². The molecule has 0 saturated carbocycles. The molecule has 0 aliphatic rings. The lowest BCUT2D eigenvalue weighted by molar-refractivity contribution is -0.117. The summed E-state index contributed by atoms with van der Waals surface area (Å²) in [4.78, 5) is 10.5. The van der Waals surface area contributed by atoms with Crippen LogP contribution in [0.1, 0.15) is 24.6 Å². The van der Waals surface area contributed by atoms with E-state index in [1.165, 1.54) is 0 Å². The predicted octanol–water partition coefficient (Wildman–Crippen LogP) is -0.621. The van der Waals surface area contributed by atoms with Crippen LogP contribution in [0.5, 0.6) is 0 Å². The zero-order valence-electron chi connectivity index (χ0n) is 7.90. The summed E-state index contributed by atoms with van der Waals surface area (Å²) in [6, 6.07) is 0. The van der Waals surface area contributed by atoms with Gasteiger partial charge < -0.3 is 15.9 Å². The Labute approximate surface area is 81.7 Å². The summed E-state index contributed by atoms with van der Waals surface area (Å²) < 4.78 is 5.18. The third-order valence-electron chi connectivity index (χ3n) is 1.68. The summed E-state index contributed by atoms with van der Waals surface area (Å²) in [6.45, 7) is 0.655. The van der Waals surface area contributed by atoms with Crippen LogP contribution in [0, 0.1) is 0 Å². The molecule has 1 aromatic rings. The molecule has 0 radical (unpaired) electrons. The predicted molar refractivity (Wildman–Crippen MR) is 49.2 cm³/mol. The minimum absolute atomic E-state index is 0.00386. The third-order valence-corrected chi connectivity index (χ3v) is 1.68. The summed E-state index contributed by atoms with van der Waals surface area (Å²) in [6.07, 6.45) is 2.54. The Kier molecular flexibility index (Phi) is 4.06. The number of hydrogen-bond acceptors (Lipinski definition) is 5. The van der Waals surface area contributed by atoms with Gasteiger partial charge in [0.1, 0.15) is 6.42 Å². The molecule has 78 valence electrons. The molecule has 0 unspecified atom stereocenters. The average Bonchev–Trinajstić information content (AvgIpc) is 2.52. The van der Waals surface area contributed by atoms with Gasteiger partial charge in [0.15, 0.2) is 0 Å². The Morgan fingerprint density at radius 1 is 1.29 bits per heavy atom. The summed E-state index contributed by atoms with van der Waals surface area (Å²) in [5.74, 6) is 0.345. The quantitative estimate of drug-likeness (QED) is 0.592. The molecule has 6 heteroatoms. The number of nitrogens with zero attached hydrogens (tertiary/aromatic N) is 2. The number of aromatic nitrogens is 2. The van der Waals surface area contributed by atoms with Gasteiger partial charge in [0.2, 0.25) is 17.7 Å². The van der Waals surface area contributed by atoms with Crippen LogP contribution in [0.3, 0.4) is 0 Å². The first kappa shape index (κ1) is 10.6. The van der Waals surface area contributed by atoms with Gasteiger partial charge in [-0.2, -0.15) is 0 Å². The monoisotopic (exact) mass is 198 g/mol. The number of aryl methyl sites for hydroxylation is 1. The fourth-order valence-electron chi connectivity index (χ4n) is 1.03. The SMILES string of the molecule is NCCCCc1nnc(CC(N)=O)o1. The van der Waals surface area contributed by atoms with Crippen LogP contribution in [-0.2, 0) is 17.6 Å². The van der Waals surface area contributed by atoms with E-state index in [4.69, 9.17) is 15.9 Å². The maximum atomic E-state index is 10.5. The van der Waals surface area contributed by atoms with E-state index < -0.39 is 5.91 Å². The van der Waals surface area contributed by atoms with Crippen LogP contribution in [0.15, 0.2) is 4.42 Å². The molecule has 1 rings (SSSR count). The largest absolute Gasteiger partial charge is 0.425 e. The Morgan fingerprint density at radius 3 is 2.64 bits per heavy atom. The lowest BCUT2D eigenvalue weighted by atomic mass is 10.2. The van der Waals surface area contributed by atoms with Gasteiger partial charge >= 0.3 is 0 Å². The molecule has 14 heavy (non-hydrogen) atoms. The smallest absolute Gasteiger partial charge is 0.226 e. The van der Waals surface area contributed by atoms with Crippen LogP contribution >= 0.6 is 0 Å². The van der Waals surface area contributed by atoms with Gasteiger partial charge in [0.05, 0.1) is 0 Å². The van der Waals surface area contributed by atoms with Gasteiger partial charge in [-0.3, -0.25) is 4.79 Å². The van der Waals surface area contributed by atoms with Gasteiger partial charge in [-0.1, -0.05) is 0 Å². The number of nitrogens with two attached hydrogens (primary N) is 2. The average molecular weight is 198 g/mol. The van der Waals surface area contributed by atoms with Gasteiger partial charge in [0, 0.05) is 6.42 Å². The molecule has 0 aliphatic carbocycles. The second-order valence-corrected chi connectivity index (χ2v) is 2.98. The first-order chi connectivity index (χ1) is 6.72.